The molecule has 0 unspecified atom stereocenters. The third-order valence-electron chi connectivity index (χ3n) is 8.98. The SMILES string of the molecule is CC1(C)c2ccccc2Sc2c(-c3ccc(-c4nc(-c5cccc(-c6cccc(C#N)c6)c5)c5ccccc5n4)cc3)cccc21. The number of benzene rings is 6. The minimum absolute atomic E-state index is 0.0711. The second-order valence-electron chi connectivity index (χ2n) is 12.2. The molecule has 4 heteroatoms. The lowest BCUT2D eigenvalue weighted by atomic mass is 9.77. The Hall–Kier alpha value is -5.50. The molecule has 8 rings (SSSR count). The Morgan fingerprint density at radius 2 is 1.26 bits per heavy atom. The largest absolute Gasteiger partial charge is 0.228 e. The van der Waals surface area contributed by atoms with Crippen LogP contribution in [0.4, 0.5) is 0 Å². The molecule has 46 heavy (non-hydrogen) atoms. The third-order valence-corrected chi connectivity index (χ3v) is 10.2. The van der Waals surface area contributed by atoms with Gasteiger partial charge in [0.05, 0.1) is 22.8 Å². The van der Waals surface area contributed by atoms with E-state index in [1.165, 1.54) is 32.0 Å². The van der Waals surface area contributed by atoms with Crippen LogP contribution in [0.2, 0.25) is 0 Å². The summed E-state index contributed by atoms with van der Waals surface area (Å²) in [5.41, 5.74) is 11.5. The van der Waals surface area contributed by atoms with Gasteiger partial charge < -0.3 is 0 Å². The third kappa shape index (κ3) is 4.77. The summed E-state index contributed by atoms with van der Waals surface area (Å²) in [6, 6.07) is 50.6. The Bertz CT molecular complexity index is 2330. The highest BCUT2D eigenvalue weighted by molar-refractivity contribution is 7.99. The summed E-state index contributed by atoms with van der Waals surface area (Å²) in [5, 5.41) is 10.4. The highest BCUT2D eigenvalue weighted by atomic mass is 32.2. The Kier molecular flexibility index (Phi) is 6.78. The zero-order chi connectivity index (χ0) is 31.3. The molecule has 1 aromatic heterocycles. The fourth-order valence-corrected chi connectivity index (χ4v) is 8.06. The fraction of sp³-hybridized carbons (Fsp3) is 0.0714. The lowest BCUT2D eigenvalue weighted by Gasteiger charge is -2.35. The first kappa shape index (κ1) is 28.0. The maximum absolute atomic E-state index is 9.42. The van der Waals surface area contributed by atoms with Gasteiger partial charge >= 0.3 is 0 Å². The predicted molar refractivity (Wildman–Crippen MR) is 189 cm³/mol. The first-order valence-corrected chi connectivity index (χ1v) is 16.2. The maximum atomic E-state index is 9.42. The standard InChI is InChI=1S/C42H29N3S/c1-42(2)35-16-4-6-19-38(35)46-40-33(15-9-17-36(40)42)28-20-22-29(23-21-28)41-44-37-18-5-3-14-34(37)39(45-41)32-13-8-12-31(25-32)30-11-7-10-27(24-30)26-43/h3-25H,1-2H3. The summed E-state index contributed by atoms with van der Waals surface area (Å²) in [6.07, 6.45) is 0. The highest BCUT2D eigenvalue weighted by Gasteiger charge is 2.34. The van der Waals surface area contributed by atoms with Gasteiger partial charge in [-0.2, -0.15) is 5.26 Å². The van der Waals surface area contributed by atoms with Crippen LogP contribution in [-0.2, 0) is 5.41 Å². The molecule has 7 aromatic rings. The first-order valence-electron chi connectivity index (χ1n) is 15.4. The average molecular weight is 608 g/mol. The Morgan fingerprint density at radius 3 is 2.11 bits per heavy atom. The van der Waals surface area contributed by atoms with Gasteiger partial charge in [0.1, 0.15) is 0 Å². The zero-order valence-electron chi connectivity index (χ0n) is 25.5. The van der Waals surface area contributed by atoms with Crippen LogP contribution < -0.4 is 0 Å². The summed E-state index contributed by atoms with van der Waals surface area (Å²) >= 11 is 1.87. The normalized spacial score (nSPS) is 13.1. The number of nitriles is 1. The predicted octanol–water partition coefficient (Wildman–Crippen LogP) is 11.0. The average Bonchev–Trinajstić information content (AvgIpc) is 3.11. The number of nitrogens with zero attached hydrogens (tertiary/aromatic N) is 3. The minimum atomic E-state index is -0.0711. The van der Waals surface area contributed by atoms with E-state index in [-0.39, 0.29) is 5.41 Å². The zero-order valence-corrected chi connectivity index (χ0v) is 26.3. The van der Waals surface area contributed by atoms with E-state index in [4.69, 9.17) is 9.97 Å². The molecule has 0 amide bonds. The van der Waals surface area contributed by atoms with Crippen molar-refractivity contribution in [3.63, 3.8) is 0 Å². The smallest absolute Gasteiger partial charge is 0.160 e. The van der Waals surface area contributed by atoms with Crippen molar-refractivity contribution in [1.29, 1.82) is 5.26 Å². The molecular formula is C42H29N3S. The van der Waals surface area contributed by atoms with Crippen LogP contribution in [0.25, 0.3) is 55.8 Å². The van der Waals surface area contributed by atoms with Gasteiger partial charge in [0.15, 0.2) is 5.82 Å². The van der Waals surface area contributed by atoms with Crippen LogP contribution in [0, 0.1) is 11.3 Å². The Labute approximate surface area is 273 Å². The Balaban J connectivity index is 1.19. The van der Waals surface area contributed by atoms with E-state index in [0.717, 1.165) is 38.9 Å². The lowest BCUT2D eigenvalue weighted by Crippen LogP contribution is -2.23. The molecule has 2 heterocycles. The van der Waals surface area contributed by atoms with Gasteiger partial charge in [0, 0.05) is 31.7 Å². The molecule has 0 saturated carbocycles. The molecule has 0 aliphatic carbocycles. The van der Waals surface area contributed by atoms with Gasteiger partial charge in [-0.3, -0.25) is 0 Å². The number of fused-ring (bicyclic) bond motifs is 3. The van der Waals surface area contributed by atoms with E-state index in [1.54, 1.807) is 0 Å². The van der Waals surface area contributed by atoms with E-state index in [1.807, 2.05) is 60.3 Å². The molecule has 0 radical (unpaired) electrons. The van der Waals surface area contributed by atoms with Crippen LogP contribution in [-0.4, -0.2) is 9.97 Å². The molecule has 1 aliphatic heterocycles. The van der Waals surface area contributed by atoms with Crippen LogP contribution >= 0.6 is 11.8 Å². The van der Waals surface area contributed by atoms with E-state index >= 15 is 0 Å². The first-order chi connectivity index (χ1) is 22.5. The van der Waals surface area contributed by atoms with E-state index < -0.39 is 0 Å². The topological polar surface area (TPSA) is 49.6 Å². The molecule has 0 spiro atoms. The molecule has 3 nitrogen and oxygen atoms in total. The molecule has 0 N–H and O–H groups in total. The quantitative estimate of drug-likeness (QED) is 0.200. The van der Waals surface area contributed by atoms with Crippen LogP contribution in [0.15, 0.2) is 149 Å². The van der Waals surface area contributed by atoms with Crippen LogP contribution in [0.3, 0.4) is 0 Å². The molecule has 0 bridgehead atoms. The molecule has 0 atom stereocenters. The monoisotopic (exact) mass is 607 g/mol. The Morgan fingerprint density at radius 1 is 0.587 bits per heavy atom. The van der Waals surface area contributed by atoms with Crippen molar-refractivity contribution in [3.8, 4) is 51.0 Å². The van der Waals surface area contributed by atoms with Gasteiger partial charge in [-0.1, -0.05) is 135 Å². The fourth-order valence-electron chi connectivity index (χ4n) is 6.53. The molecular weight excluding hydrogens is 579 g/mol. The lowest BCUT2D eigenvalue weighted by molar-refractivity contribution is 0.608. The van der Waals surface area contributed by atoms with Gasteiger partial charge in [-0.15, -0.1) is 0 Å². The summed E-state index contributed by atoms with van der Waals surface area (Å²) in [6.45, 7) is 4.65. The van der Waals surface area contributed by atoms with Crippen molar-refractivity contribution in [2.75, 3.05) is 0 Å². The van der Waals surface area contributed by atoms with Crippen molar-refractivity contribution in [1.82, 2.24) is 9.97 Å². The molecule has 218 valence electrons. The summed E-state index contributed by atoms with van der Waals surface area (Å²) in [5.74, 6) is 0.691. The highest BCUT2D eigenvalue weighted by Crippen LogP contribution is 2.52. The number of hydrogen-bond acceptors (Lipinski definition) is 4. The number of rotatable bonds is 4. The van der Waals surface area contributed by atoms with E-state index in [0.29, 0.717) is 11.4 Å². The van der Waals surface area contributed by atoms with Crippen molar-refractivity contribution in [2.45, 2.75) is 29.1 Å². The van der Waals surface area contributed by atoms with Gasteiger partial charge in [-0.05, 0) is 63.7 Å². The van der Waals surface area contributed by atoms with Gasteiger partial charge in [-0.25, -0.2) is 9.97 Å². The maximum Gasteiger partial charge on any atom is 0.160 e. The van der Waals surface area contributed by atoms with Crippen molar-refractivity contribution in [3.05, 3.63) is 156 Å². The minimum Gasteiger partial charge on any atom is -0.228 e. The van der Waals surface area contributed by atoms with Gasteiger partial charge in [0.2, 0.25) is 0 Å². The van der Waals surface area contributed by atoms with Crippen molar-refractivity contribution in [2.24, 2.45) is 0 Å². The van der Waals surface area contributed by atoms with E-state index in [9.17, 15) is 5.26 Å². The second kappa shape index (κ2) is 11.1. The number of para-hydroxylation sites is 1. The number of aromatic nitrogens is 2. The molecule has 1 aliphatic rings. The summed E-state index contributed by atoms with van der Waals surface area (Å²) < 4.78 is 0. The molecule has 6 aromatic carbocycles. The second-order valence-corrected chi connectivity index (χ2v) is 13.2. The van der Waals surface area contributed by atoms with Gasteiger partial charge in [0.25, 0.3) is 0 Å². The molecule has 0 saturated heterocycles. The van der Waals surface area contributed by atoms with Crippen LogP contribution in [0.5, 0.6) is 0 Å². The summed E-state index contributed by atoms with van der Waals surface area (Å²) in [7, 11) is 0. The summed E-state index contributed by atoms with van der Waals surface area (Å²) in [4.78, 5) is 12.8. The van der Waals surface area contributed by atoms with Crippen LogP contribution in [0.1, 0.15) is 30.5 Å². The number of hydrogen-bond donors (Lipinski definition) is 0. The molecule has 0 fully saturated rings. The van der Waals surface area contributed by atoms with Crippen molar-refractivity contribution >= 4 is 22.7 Å². The van der Waals surface area contributed by atoms with Crippen molar-refractivity contribution < 1.29 is 0 Å². The van der Waals surface area contributed by atoms with E-state index in [2.05, 4.69) is 111 Å².